The number of aryl methyl sites for hydroxylation is 1. The van der Waals surface area contributed by atoms with E-state index in [9.17, 15) is 4.79 Å². The number of ether oxygens (including phenoxy) is 2. The van der Waals surface area contributed by atoms with Crippen molar-refractivity contribution in [1.82, 2.24) is 15.1 Å². The van der Waals surface area contributed by atoms with Crippen LogP contribution >= 0.6 is 0 Å². The van der Waals surface area contributed by atoms with Crippen LogP contribution in [0.25, 0.3) is 0 Å². The molecule has 0 spiro atoms. The molecule has 0 unspecified atom stereocenters. The highest BCUT2D eigenvalue weighted by Crippen LogP contribution is 2.23. The van der Waals surface area contributed by atoms with Crippen LogP contribution in [0.3, 0.4) is 0 Å². The Morgan fingerprint density at radius 3 is 2.59 bits per heavy atom. The van der Waals surface area contributed by atoms with Crippen LogP contribution in [-0.4, -0.2) is 48.2 Å². The van der Waals surface area contributed by atoms with Gasteiger partial charge in [-0.3, -0.25) is 9.48 Å². The third-order valence-electron chi connectivity index (χ3n) is 4.08. The monoisotopic (exact) mass is 309 g/mol. The van der Waals surface area contributed by atoms with Crippen molar-refractivity contribution in [2.45, 2.75) is 51.6 Å². The molecule has 1 saturated heterocycles. The van der Waals surface area contributed by atoms with Crippen molar-refractivity contribution in [3.8, 4) is 0 Å². The maximum Gasteiger partial charge on any atom is 0.255 e. The summed E-state index contributed by atoms with van der Waals surface area (Å²) in [7, 11) is 1.66. The highest BCUT2D eigenvalue weighted by molar-refractivity contribution is 5.95. The molecule has 0 atom stereocenters. The molecule has 0 bridgehead atoms. The maximum absolute atomic E-state index is 12.7. The number of aromatic nitrogens is 2. The van der Waals surface area contributed by atoms with Gasteiger partial charge in [-0.05, 0) is 40.5 Å². The molecule has 2 rings (SSSR count). The molecule has 22 heavy (non-hydrogen) atoms. The van der Waals surface area contributed by atoms with Crippen LogP contribution in [-0.2, 0) is 15.0 Å². The molecule has 0 radical (unpaired) electrons. The second-order valence-corrected chi connectivity index (χ2v) is 7.02. The molecule has 1 aromatic rings. The van der Waals surface area contributed by atoms with Crippen molar-refractivity contribution in [1.29, 1.82) is 0 Å². The zero-order valence-electron chi connectivity index (χ0n) is 14.2. The number of carbonyl (C=O) groups excluding carboxylic acids is 1. The molecule has 0 saturated carbocycles. The number of rotatable bonds is 4. The van der Waals surface area contributed by atoms with Crippen LogP contribution in [0.5, 0.6) is 0 Å². The van der Waals surface area contributed by atoms with Gasteiger partial charge in [-0.1, -0.05) is 0 Å². The Labute approximate surface area is 132 Å². The number of nitrogens with zero attached hydrogens (tertiary/aromatic N) is 2. The first kappa shape index (κ1) is 17.0. The molecule has 1 aliphatic rings. The minimum absolute atomic E-state index is 0.0908. The fourth-order valence-corrected chi connectivity index (χ4v) is 2.68. The molecule has 124 valence electrons. The highest BCUT2D eigenvalue weighted by atomic mass is 16.5. The zero-order valence-corrected chi connectivity index (χ0v) is 14.2. The summed E-state index contributed by atoms with van der Waals surface area (Å²) in [5.74, 6) is -0.0908. The Hall–Kier alpha value is -1.40. The Bertz CT molecular complexity index is 520. The van der Waals surface area contributed by atoms with Gasteiger partial charge in [-0.15, -0.1) is 0 Å². The van der Waals surface area contributed by atoms with Crippen LogP contribution in [0.2, 0.25) is 0 Å². The average molecular weight is 309 g/mol. The van der Waals surface area contributed by atoms with E-state index in [-0.39, 0.29) is 17.0 Å². The molecular formula is C16H27N3O3. The lowest BCUT2D eigenvalue weighted by atomic mass is 9.90. The van der Waals surface area contributed by atoms with Crippen molar-refractivity contribution in [2.75, 3.05) is 26.9 Å². The van der Waals surface area contributed by atoms with E-state index in [4.69, 9.17) is 9.47 Å². The van der Waals surface area contributed by atoms with Gasteiger partial charge in [0.1, 0.15) is 0 Å². The molecule has 0 aromatic carbocycles. The first-order chi connectivity index (χ1) is 10.3. The maximum atomic E-state index is 12.7. The second-order valence-electron chi connectivity index (χ2n) is 7.02. The Balaban J connectivity index is 2.18. The van der Waals surface area contributed by atoms with Crippen LogP contribution in [0.1, 0.15) is 49.7 Å². The van der Waals surface area contributed by atoms with Crippen molar-refractivity contribution < 1.29 is 14.3 Å². The van der Waals surface area contributed by atoms with Crippen LogP contribution in [0.15, 0.2) is 6.20 Å². The summed E-state index contributed by atoms with van der Waals surface area (Å²) < 4.78 is 12.6. The van der Waals surface area contributed by atoms with E-state index in [1.54, 1.807) is 7.11 Å². The number of carbonyl (C=O) groups is 1. The third-order valence-corrected chi connectivity index (χ3v) is 4.08. The summed E-state index contributed by atoms with van der Waals surface area (Å²) in [5.41, 5.74) is 0.871. The van der Waals surface area contributed by atoms with Gasteiger partial charge in [-0.2, -0.15) is 5.10 Å². The summed E-state index contributed by atoms with van der Waals surface area (Å²) in [6.45, 7) is 9.83. The number of amides is 1. The van der Waals surface area contributed by atoms with Gasteiger partial charge in [0.2, 0.25) is 0 Å². The number of hydrogen-bond donors (Lipinski definition) is 1. The Morgan fingerprint density at radius 1 is 1.45 bits per heavy atom. The van der Waals surface area contributed by atoms with Gasteiger partial charge >= 0.3 is 0 Å². The second kappa shape index (κ2) is 6.38. The molecule has 6 heteroatoms. The molecule has 2 heterocycles. The van der Waals surface area contributed by atoms with Gasteiger partial charge < -0.3 is 14.8 Å². The lowest BCUT2D eigenvalue weighted by Gasteiger charge is -2.37. The molecule has 1 N–H and O–H groups in total. The third kappa shape index (κ3) is 3.67. The number of hydrogen-bond acceptors (Lipinski definition) is 4. The van der Waals surface area contributed by atoms with Crippen LogP contribution < -0.4 is 5.32 Å². The van der Waals surface area contributed by atoms with Gasteiger partial charge in [-0.25, -0.2) is 0 Å². The molecular weight excluding hydrogens is 282 g/mol. The summed E-state index contributed by atoms with van der Waals surface area (Å²) in [6.07, 6.45) is 3.35. The van der Waals surface area contributed by atoms with Crippen LogP contribution in [0.4, 0.5) is 0 Å². The molecule has 1 aromatic heterocycles. The smallest absolute Gasteiger partial charge is 0.255 e. The fourth-order valence-electron chi connectivity index (χ4n) is 2.68. The first-order valence-corrected chi connectivity index (χ1v) is 7.73. The van der Waals surface area contributed by atoms with E-state index in [1.165, 1.54) is 0 Å². The minimum atomic E-state index is -0.347. The largest absolute Gasteiger partial charge is 0.382 e. The Morgan fingerprint density at radius 2 is 2.09 bits per heavy atom. The van der Waals surface area contributed by atoms with E-state index >= 15 is 0 Å². The highest BCUT2D eigenvalue weighted by Gasteiger charge is 2.35. The predicted octanol–water partition coefficient (Wildman–Crippen LogP) is 1.87. The molecule has 1 amide bonds. The molecule has 1 aliphatic heterocycles. The number of nitrogens with one attached hydrogen (secondary N) is 1. The number of methoxy groups -OCH3 is 1. The Kier molecular flexibility index (Phi) is 4.92. The quantitative estimate of drug-likeness (QED) is 0.922. The SMILES string of the molecule is COCC1(NC(=O)c2cn(C(C)(C)C)nc2C)CCOCC1. The lowest BCUT2D eigenvalue weighted by Crippen LogP contribution is -2.55. The lowest BCUT2D eigenvalue weighted by molar-refractivity contribution is 0.00204. The summed E-state index contributed by atoms with van der Waals surface area (Å²) >= 11 is 0. The first-order valence-electron chi connectivity index (χ1n) is 7.73. The average Bonchev–Trinajstić information content (AvgIpc) is 2.82. The topological polar surface area (TPSA) is 65.4 Å². The van der Waals surface area contributed by atoms with Gasteiger partial charge in [0.25, 0.3) is 5.91 Å². The van der Waals surface area contributed by atoms with Crippen molar-refractivity contribution in [3.63, 3.8) is 0 Å². The normalized spacial score (nSPS) is 18.2. The molecule has 6 nitrogen and oxygen atoms in total. The molecule has 1 fully saturated rings. The van der Waals surface area contributed by atoms with E-state index < -0.39 is 0 Å². The van der Waals surface area contributed by atoms with Crippen LogP contribution in [0, 0.1) is 6.92 Å². The minimum Gasteiger partial charge on any atom is -0.382 e. The van der Waals surface area contributed by atoms with Gasteiger partial charge in [0.05, 0.1) is 28.9 Å². The van der Waals surface area contributed by atoms with E-state index in [1.807, 2.05) is 17.8 Å². The summed E-state index contributed by atoms with van der Waals surface area (Å²) in [6, 6.07) is 0. The fraction of sp³-hybridized carbons (Fsp3) is 0.750. The van der Waals surface area contributed by atoms with E-state index in [0.29, 0.717) is 25.4 Å². The van der Waals surface area contributed by atoms with Crippen molar-refractivity contribution in [2.24, 2.45) is 0 Å². The molecule has 0 aliphatic carbocycles. The standard InChI is InChI=1S/C16H27N3O3/c1-12-13(10-19(18-12)15(2,3)4)14(20)17-16(11-21-5)6-8-22-9-7-16/h10H,6-9,11H2,1-5H3,(H,17,20). The van der Waals surface area contributed by atoms with E-state index in [2.05, 4.69) is 31.2 Å². The van der Waals surface area contributed by atoms with Crippen molar-refractivity contribution >= 4 is 5.91 Å². The van der Waals surface area contributed by atoms with E-state index in [0.717, 1.165) is 18.5 Å². The predicted molar refractivity (Wildman–Crippen MR) is 84.1 cm³/mol. The van der Waals surface area contributed by atoms with Crippen molar-refractivity contribution in [3.05, 3.63) is 17.5 Å². The van der Waals surface area contributed by atoms with Gasteiger partial charge in [0, 0.05) is 26.5 Å². The zero-order chi connectivity index (χ0) is 16.4. The van der Waals surface area contributed by atoms with Gasteiger partial charge in [0.15, 0.2) is 0 Å². The summed E-state index contributed by atoms with van der Waals surface area (Å²) in [5, 5.41) is 7.62. The summed E-state index contributed by atoms with van der Waals surface area (Å²) in [4.78, 5) is 12.7.